The van der Waals surface area contributed by atoms with Crippen LogP contribution in [0, 0.1) is 19.7 Å². The van der Waals surface area contributed by atoms with Gasteiger partial charge < -0.3 is 10.1 Å². The Hall–Kier alpha value is -1.87. The summed E-state index contributed by atoms with van der Waals surface area (Å²) in [5.41, 5.74) is 2.88. The molecule has 2 nitrogen and oxygen atoms in total. The Balaban J connectivity index is 1.76. The summed E-state index contributed by atoms with van der Waals surface area (Å²) in [5.74, 6) is 1.29. The van der Waals surface area contributed by atoms with Gasteiger partial charge in [-0.25, -0.2) is 4.39 Å². The van der Waals surface area contributed by atoms with Crippen molar-refractivity contribution in [2.45, 2.75) is 39.3 Å². The zero-order valence-electron chi connectivity index (χ0n) is 12.4. The van der Waals surface area contributed by atoms with Crippen LogP contribution in [0.1, 0.15) is 29.5 Å². The maximum absolute atomic E-state index is 13.3. The van der Waals surface area contributed by atoms with Crippen LogP contribution in [0.2, 0.25) is 0 Å². The molecule has 0 saturated heterocycles. The summed E-state index contributed by atoms with van der Waals surface area (Å²) in [6, 6.07) is 11.8. The van der Waals surface area contributed by atoms with Crippen molar-refractivity contribution in [3.63, 3.8) is 0 Å². The average Bonchev–Trinajstić information content (AvgIpc) is 3.28. The molecular weight excluding hydrogens is 265 g/mol. The molecule has 0 radical (unpaired) electrons. The van der Waals surface area contributed by atoms with Crippen LogP contribution in [-0.2, 0) is 6.54 Å². The standard InChI is InChI=1S/C18H20FNO/c1-12-3-4-14(11-20-15-5-6-15)10-18(12)21-16-7-8-17(19)13(2)9-16/h3-4,7-10,15,20H,5-6,11H2,1-2H3. The molecule has 0 spiro atoms. The van der Waals surface area contributed by atoms with E-state index in [4.69, 9.17) is 4.74 Å². The molecule has 0 amide bonds. The number of ether oxygens (including phenoxy) is 1. The normalized spacial score (nSPS) is 14.2. The van der Waals surface area contributed by atoms with Crippen molar-refractivity contribution in [2.24, 2.45) is 0 Å². The average molecular weight is 285 g/mol. The van der Waals surface area contributed by atoms with Crippen molar-refractivity contribution in [1.29, 1.82) is 0 Å². The molecule has 0 aliphatic heterocycles. The molecule has 21 heavy (non-hydrogen) atoms. The highest BCUT2D eigenvalue weighted by Gasteiger charge is 2.20. The summed E-state index contributed by atoms with van der Waals surface area (Å²) in [4.78, 5) is 0. The molecule has 3 heteroatoms. The topological polar surface area (TPSA) is 21.3 Å². The molecule has 2 aromatic carbocycles. The molecule has 0 atom stereocenters. The molecule has 3 rings (SSSR count). The number of nitrogens with one attached hydrogen (secondary N) is 1. The fourth-order valence-corrected chi connectivity index (χ4v) is 2.22. The minimum atomic E-state index is -0.207. The summed E-state index contributed by atoms with van der Waals surface area (Å²) in [7, 11) is 0. The van der Waals surface area contributed by atoms with Gasteiger partial charge in [0.2, 0.25) is 0 Å². The SMILES string of the molecule is Cc1cc(Oc2cc(CNC3CC3)ccc2C)ccc1F. The van der Waals surface area contributed by atoms with Gasteiger partial charge >= 0.3 is 0 Å². The Kier molecular flexibility index (Phi) is 3.93. The predicted molar refractivity (Wildman–Crippen MR) is 82.3 cm³/mol. The van der Waals surface area contributed by atoms with Crippen molar-refractivity contribution in [3.05, 3.63) is 58.9 Å². The second-order valence-corrected chi connectivity index (χ2v) is 5.77. The second kappa shape index (κ2) is 5.86. The van der Waals surface area contributed by atoms with Crippen LogP contribution in [0.3, 0.4) is 0 Å². The zero-order valence-corrected chi connectivity index (χ0v) is 12.4. The van der Waals surface area contributed by atoms with E-state index in [0.717, 1.165) is 17.9 Å². The molecule has 1 saturated carbocycles. The smallest absolute Gasteiger partial charge is 0.130 e. The zero-order chi connectivity index (χ0) is 14.8. The summed E-state index contributed by atoms with van der Waals surface area (Å²) in [6.45, 7) is 4.62. The second-order valence-electron chi connectivity index (χ2n) is 5.77. The number of hydrogen-bond donors (Lipinski definition) is 1. The van der Waals surface area contributed by atoms with E-state index in [2.05, 4.69) is 23.5 Å². The van der Waals surface area contributed by atoms with E-state index in [-0.39, 0.29) is 5.82 Å². The Morgan fingerprint density at radius 2 is 1.90 bits per heavy atom. The highest BCUT2D eigenvalue weighted by molar-refractivity contribution is 5.41. The van der Waals surface area contributed by atoms with Crippen LogP contribution >= 0.6 is 0 Å². The largest absolute Gasteiger partial charge is 0.457 e. The first kappa shape index (κ1) is 14.1. The molecule has 1 aliphatic carbocycles. The molecule has 1 fully saturated rings. The van der Waals surface area contributed by atoms with Gasteiger partial charge in [-0.15, -0.1) is 0 Å². The van der Waals surface area contributed by atoms with Gasteiger partial charge in [-0.05, 0) is 67.6 Å². The molecule has 0 unspecified atom stereocenters. The van der Waals surface area contributed by atoms with Gasteiger partial charge in [0.15, 0.2) is 0 Å². The van der Waals surface area contributed by atoms with E-state index < -0.39 is 0 Å². The predicted octanol–water partition coefficient (Wildman–Crippen LogP) is 4.49. The Morgan fingerprint density at radius 1 is 1.10 bits per heavy atom. The lowest BCUT2D eigenvalue weighted by atomic mass is 10.1. The van der Waals surface area contributed by atoms with Crippen molar-refractivity contribution in [2.75, 3.05) is 0 Å². The van der Waals surface area contributed by atoms with Gasteiger partial charge in [0, 0.05) is 12.6 Å². The van der Waals surface area contributed by atoms with Crippen LogP contribution in [0.5, 0.6) is 11.5 Å². The van der Waals surface area contributed by atoms with Gasteiger partial charge in [0.25, 0.3) is 0 Å². The van der Waals surface area contributed by atoms with Crippen molar-refractivity contribution in [1.82, 2.24) is 5.32 Å². The molecule has 1 aliphatic rings. The fraction of sp³-hybridized carbons (Fsp3) is 0.333. The van der Waals surface area contributed by atoms with E-state index in [1.54, 1.807) is 19.1 Å². The summed E-state index contributed by atoms with van der Waals surface area (Å²) in [6.07, 6.45) is 2.56. The lowest BCUT2D eigenvalue weighted by Crippen LogP contribution is -2.15. The third kappa shape index (κ3) is 3.61. The van der Waals surface area contributed by atoms with Crippen molar-refractivity contribution < 1.29 is 9.13 Å². The quantitative estimate of drug-likeness (QED) is 0.874. The van der Waals surface area contributed by atoms with Gasteiger partial charge in [-0.3, -0.25) is 0 Å². The molecule has 0 bridgehead atoms. The van der Waals surface area contributed by atoms with E-state index in [1.807, 2.05) is 6.92 Å². The highest BCUT2D eigenvalue weighted by atomic mass is 19.1. The van der Waals surface area contributed by atoms with E-state index >= 15 is 0 Å². The lowest BCUT2D eigenvalue weighted by molar-refractivity contribution is 0.475. The van der Waals surface area contributed by atoms with Crippen LogP contribution in [0.15, 0.2) is 36.4 Å². The number of hydrogen-bond acceptors (Lipinski definition) is 2. The van der Waals surface area contributed by atoms with Gasteiger partial charge in [-0.1, -0.05) is 12.1 Å². The number of halogens is 1. The summed E-state index contributed by atoms with van der Waals surface area (Å²) >= 11 is 0. The summed E-state index contributed by atoms with van der Waals surface area (Å²) in [5, 5.41) is 3.49. The van der Waals surface area contributed by atoms with Gasteiger partial charge in [-0.2, -0.15) is 0 Å². The number of rotatable bonds is 5. The van der Waals surface area contributed by atoms with E-state index in [0.29, 0.717) is 17.4 Å². The number of aryl methyl sites for hydroxylation is 2. The maximum Gasteiger partial charge on any atom is 0.130 e. The third-order valence-electron chi connectivity index (χ3n) is 3.78. The van der Waals surface area contributed by atoms with Crippen molar-refractivity contribution >= 4 is 0 Å². The molecular formula is C18H20FNO. The summed E-state index contributed by atoms with van der Waals surface area (Å²) < 4.78 is 19.2. The molecule has 1 N–H and O–H groups in total. The third-order valence-corrected chi connectivity index (χ3v) is 3.78. The van der Waals surface area contributed by atoms with Crippen molar-refractivity contribution in [3.8, 4) is 11.5 Å². The van der Waals surface area contributed by atoms with Crippen LogP contribution in [0.25, 0.3) is 0 Å². The fourth-order valence-electron chi connectivity index (χ4n) is 2.22. The minimum Gasteiger partial charge on any atom is -0.457 e. The van der Waals surface area contributed by atoms with E-state index in [9.17, 15) is 4.39 Å². The number of benzene rings is 2. The monoisotopic (exact) mass is 285 g/mol. The highest BCUT2D eigenvalue weighted by Crippen LogP contribution is 2.28. The Labute approximate surface area is 125 Å². The minimum absolute atomic E-state index is 0.207. The Bertz CT molecular complexity index is 650. The van der Waals surface area contributed by atoms with Crippen LogP contribution in [-0.4, -0.2) is 6.04 Å². The first-order chi connectivity index (χ1) is 10.1. The first-order valence-corrected chi connectivity index (χ1v) is 7.39. The first-order valence-electron chi connectivity index (χ1n) is 7.39. The van der Waals surface area contributed by atoms with Gasteiger partial charge in [0.05, 0.1) is 0 Å². The molecule has 110 valence electrons. The Morgan fingerprint density at radius 3 is 2.62 bits per heavy atom. The molecule has 0 heterocycles. The maximum atomic E-state index is 13.3. The molecule has 0 aromatic heterocycles. The lowest BCUT2D eigenvalue weighted by Gasteiger charge is -2.12. The van der Waals surface area contributed by atoms with Crippen LogP contribution < -0.4 is 10.1 Å². The molecule has 2 aromatic rings. The van der Waals surface area contributed by atoms with E-state index in [1.165, 1.54) is 24.5 Å². The van der Waals surface area contributed by atoms with Crippen LogP contribution in [0.4, 0.5) is 4.39 Å². The van der Waals surface area contributed by atoms with Gasteiger partial charge in [0.1, 0.15) is 17.3 Å².